The fraction of sp³-hybridized carbons (Fsp3) is 0.250. The number of esters is 1. The summed E-state index contributed by atoms with van der Waals surface area (Å²) >= 11 is 0. The Bertz CT molecular complexity index is 561. The molecule has 0 aliphatic heterocycles. The second-order valence-corrected chi connectivity index (χ2v) is 3.72. The minimum Gasteiger partial charge on any atom is -0.465 e. The van der Waals surface area contributed by atoms with Gasteiger partial charge < -0.3 is 4.74 Å². The van der Waals surface area contributed by atoms with Crippen LogP contribution in [0.2, 0.25) is 0 Å². The van der Waals surface area contributed by atoms with Crippen LogP contribution in [-0.2, 0) is 11.8 Å². The van der Waals surface area contributed by atoms with E-state index >= 15 is 0 Å². The van der Waals surface area contributed by atoms with Crippen LogP contribution in [-0.4, -0.2) is 27.8 Å². The molecule has 2 aromatic rings. The lowest BCUT2D eigenvalue weighted by Gasteiger charge is -2.03. The molecule has 0 atom stereocenters. The summed E-state index contributed by atoms with van der Waals surface area (Å²) in [6.07, 6.45) is 4.95. The maximum atomic E-state index is 11.4. The molecule has 0 bridgehead atoms. The smallest absolute Gasteiger partial charge is 0.339 e. The van der Waals surface area contributed by atoms with E-state index in [0.29, 0.717) is 5.56 Å². The Morgan fingerprint density at radius 2 is 2.12 bits per heavy atom. The Balaban J connectivity index is 2.47. The zero-order valence-corrected chi connectivity index (χ0v) is 9.97. The van der Waals surface area contributed by atoms with Gasteiger partial charge in [0.1, 0.15) is 0 Å². The Labute approximate surface area is 99.1 Å². The van der Waals surface area contributed by atoms with Crippen molar-refractivity contribution in [1.82, 2.24) is 14.8 Å². The number of nitrogens with zero attached hydrogens (tertiary/aromatic N) is 3. The lowest BCUT2D eigenvalue weighted by molar-refractivity contribution is 0.0600. The standard InChI is InChI=1S/C12H13N3O2/c1-8-11(7-14-15(8)2)9-4-10(6-13-5-9)12(16)17-3/h4-7H,1-3H3. The third kappa shape index (κ3) is 2.04. The first-order valence-electron chi connectivity index (χ1n) is 5.16. The van der Waals surface area contributed by atoms with Crippen LogP contribution < -0.4 is 0 Å². The molecule has 0 spiro atoms. The van der Waals surface area contributed by atoms with E-state index in [1.54, 1.807) is 23.1 Å². The number of ether oxygens (including phenoxy) is 1. The van der Waals surface area contributed by atoms with Gasteiger partial charge >= 0.3 is 5.97 Å². The normalized spacial score (nSPS) is 10.3. The number of aryl methyl sites for hydroxylation is 1. The Hall–Kier alpha value is -2.17. The first-order chi connectivity index (χ1) is 8.13. The Kier molecular flexibility index (Phi) is 2.91. The van der Waals surface area contributed by atoms with Gasteiger partial charge in [-0.05, 0) is 13.0 Å². The molecule has 0 radical (unpaired) electrons. The van der Waals surface area contributed by atoms with Crippen molar-refractivity contribution in [3.05, 3.63) is 35.9 Å². The molecule has 0 N–H and O–H groups in total. The summed E-state index contributed by atoms with van der Waals surface area (Å²) in [5.41, 5.74) is 3.28. The molecule has 0 amide bonds. The van der Waals surface area contributed by atoms with Crippen molar-refractivity contribution in [3.63, 3.8) is 0 Å². The molecule has 5 nitrogen and oxygen atoms in total. The summed E-state index contributed by atoms with van der Waals surface area (Å²) in [6, 6.07) is 1.75. The summed E-state index contributed by atoms with van der Waals surface area (Å²) in [6.45, 7) is 1.97. The van der Waals surface area contributed by atoms with Crippen molar-refractivity contribution in [2.24, 2.45) is 7.05 Å². The van der Waals surface area contributed by atoms with Gasteiger partial charge in [0.2, 0.25) is 0 Å². The van der Waals surface area contributed by atoms with Gasteiger partial charge in [-0.2, -0.15) is 5.10 Å². The first-order valence-corrected chi connectivity index (χ1v) is 5.16. The number of hydrogen-bond donors (Lipinski definition) is 0. The average Bonchev–Trinajstić information content (AvgIpc) is 2.69. The topological polar surface area (TPSA) is 57.0 Å². The van der Waals surface area contributed by atoms with Crippen LogP contribution >= 0.6 is 0 Å². The summed E-state index contributed by atoms with van der Waals surface area (Å²) in [7, 11) is 3.22. The van der Waals surface area contributed by atoms with Gasteiger partial charge in [0.15, 0.2) is 0 Å². The predicted octanol–water partition coefficient (Wildman–Crippen LogP) is 1.58. The highest BCUT2D eigenvalue weighted by molar-refractivity contribution is 5.90. The lowest BCUT2D eigenvalue weighted by atomic mass is 10.1. The fourth-order valence-electron chi connectivity index (χ4n) is 1.60. The van der Waals surface area contributed by atoms with Gasteiger partial charge in [0.05, 0.1) is 18.9 Å². The number of methoxy groups -OCH3 is 1. The summed E-state index contributed by atoms with van der Waals surface area (Å²) < 4.78 is 6.44. The number of pyridine rings is 1. The second-order valence-electron chi connectivity index (χ2n) is 3.72. The molecule has 2 aromatic heterocycles. The third-order valence-electron chi connectivity index (χ3n) is 2.71. The molecule has 88 valence electrons. The van der Waals surface area contributed by atoms with Crippen LogP contribution in [0.4, 0.5) is 0 Å². The quantitative estimate of drug-likeness (QED) is 0.736. The molecule has 0 fully saturated rings. The van der Waals surface area contributed by atoms with E-state index in [2.05, 4.69) is 14.8 Å². The first kappa shape index (κ1) is 11.3. The molecule has 0 saturated carbocycles. The van der Waals surface area contributed by atoms with E-state index in [0.717, 1.165) is 16.8 Å². The van der Waals surface area contributed by atoms with Crippen molar-refractivity contribution in [2.75, 3.05) is 7.11 Å². The molecule has 0 aromatic carbocycles. The van der Waals surface area contributed by atoms with Crippen molar-refractivity contribution < 1.29 is 9.53 Å². The van der Waals surface area contributed by atoms with Gasteiger partial charge in [-0.1, -0.05) is 0 Å². The van der Waals surface area contributed by atoms with E-state index in [4.69, 9.17) is 0 Å². The molecule has 0 unspecified atom stereocenters. The SMILES string of the molecule is COC(=O)c1cncc(-c2cnn(C)c2C)c1. The van der Waals surface area contributed by atoms with Gasteiger partial charge in [-0.15, -0.1) is 0 Å². The third-order valence-corrected chi connectivity index (χ3v) is 2.71. The minimum absolute atomic E-state index is 0.388. The number of carbonyl (C=O) groups excluding carboxylic acids is 1. The molecule has 0 saturated heterocycles. The Morgan fingerprint density at radius 3 is 2.71 bits per heavy atom. The summed E-state index contributed by atoms with van der Waals surface area (Å²) in [5, 5.41) is 4.16. The lowest BCUT2D eigenvalue weighted by Crippen LogP contribution is -2.02. The Morgan fingerprint density at radius 1 is 1.35 bits per heavy atom. The highest BCUT2D eigenvalue weighted by atomic mass is 16.5. The highest BCUT2D eigenvalue weighted by Crippen LogP contribution is 2.22. The minimum atomic E-state index is -0.388. The van der Waals surface area contributed by atoms with Crippen LogP contribution in [0.5, 0.6) is 0 Å². The largest absolute Gasteiger partial charge is 0.465 e. The maximum Gasteiger partial charge on any atom is 0.339 e. The van der Waals surface area contributed by atoms with Crippen molar-refractivity contribution in [3.8, 4) is 11.1 Å². The number of aromatic nitrogens is 3. The fourth-order valence-corrected chi connectivity index (χ4v) is 1.60. The van der Waals surface area contributed by atoms with E-state index < -0.39 is 0 Å². The van der Waals surface area contributed by atoms with Gasteiger partial charge in [0.25, 0.3) is 0 Å². The van der Waals surface area contributed by atoms with Gasteiger partial charge in [-0.3, -0.25) is 9.67 Å². The molecule has 0 aliphatic carbocycles. The summed E-state index contributed by atoms with van der Waals surface area (Å²) in [4.78, 5) is 15.4. The van der Waals surface area contributed by atoms with Gasteiger partial charge in [0, 0.05) is 36.3 Å². The van der Waals surface area contributed by atoms with Crippen LogP contribution in [0.25, 0.3) is 11.1 Å². The molecular formula is C12H13N3O2. The zero-order chi connectivity index (χ0) is 12.4. The van der Waals surface area contributed by atoms with Gasteiger partial charge in [-0.25, -0.2) is 4.79 Å². The molecule has 2 heterocycles. The predicted molar refractivity (Wildman–Crippen MR) is 62.5 cm³/mol. The van der Waals surface area contributed by atoms with Crippen LogP contribution in [0.1, 0.15) is 16.1 Å². The summed E-state index contributed by atoms with van der Waals surface area (Å²) in [5.74, 6) is -0.388. The maximum absolute atomic E-state index is 11.4. The molecule has 17 heavy (non-hydrogen) atoms. The van der Waals surface area contributed by atoms with Crippen LogP contribution in [0, 0.1) is 6.92 Å². The van der Waals surface area contributed by atoms with Crippen molar-refractivity contribution in [1.29, 1.82) is 0 Å². The number of carbonyl (C=O) groups is 1. The van der Waals surface area contributed by atoms with E-state index in [-0.39, 0.29) is 5.97 Å². The molecule has 5 heteroatoms. The van der Waals surface area contributed by atoms with Crippen molar-refractivity contribution >= 4 is 5.97 Å². The monoisotopic (exact) mass is 231 g/mol. The number of hydrogen-bond acceptors (Lipinski definition) is 4. The zero-order valence-electron chi connectivity index (χ0n) is 9.97. The van der Waals surface area contributed by atoms with Crippen LogP contribution in [0.3, 0.4) is 0 Å². The highest BCUT2D eigenvalue weighted by Gasteiger charge is 2.11. The van der Waals surface area contributed by atoms with E-state index in [1.807, 2.05) is 14.0 Å². The molecule has 2 rings (SSSR count). The van der Waals surface area contributed by atoms with E-state index in [9.17, 15) is 4.79 Å². The second kappa shape index (κ2) is 4.37. The number of rotatable bonds is 2. The average molecular weight is 231 g/mol. The molecular weight excluding hydrogens is 218 g/mol. The van der Waals surface area contributed by atoms with Crippen LogP contribution in [0.15, 0.2) is 24.7 Å². The van der Waals surface area contributed by atoms with E-state index in [1.165, 1.54) is 13.3 Å². The molecule has 0 aliphatic rings. The van der Waals surface area contributed by atoms with Crippen molar-refractivity contribution in [2.45, 2.75) is 6.92 Å².